The minimum Gasteiger partial charge on any atom is -0.495 e. The standard InChI is InChI=1S/C20H21ClN6O2/c1-29-16-5-7-20(28)27(12-16)15-4-6-18(23-9-15)25-13-2-3-14(8-13)26-19-11-22-17(21)10-24-19/h4-7,9-14H,2-3,8H2,1H3,(H,23,25)(H,24,26)/t13-,14-/m0/s1. The molecule has 0 spiro atoms. The van der Waals surface area contributed by atoms with E-state index in [-0.39, 0.29) is 5.56 Å². The third-order valence-corrected chi connectivity index (χ3v) is 5.10. The van der Waals surface area contributed by atoms with E-state index >= 15 is 0 Å². The molecule has 29 heavy (non-hydrogen) atoms. The van der Waals surface area contributed by atoms with Crippen molar-refractivity contribution in [3.8, 4) is 11.4 Å². The van der Waals surface area contributed by atoms with Crippen LogP contribution in [0.2, 0.25) is 5.15 Å². The molecule has 0 bridgehead atoms. The summed E-state index contributed by atoms with van der Waals surface area (Å²) < 4.78 is 6.70. The molecule has 150 valence electrons. The average molecular weight is 413 g/mol. The van der Waals surface area contributed by atoms with Crippen LogP contribution in [0.4, 0.5) is 11.6 Å². The van der Waals surface area contributed by atoms with Crippen molar-refractivity contribution in [3.63, 3.8) is 0 Å². The Labute approximate surface area is 172 Å². The lowest BCUT2D eigenvalue weighted by molar-refractivity contribution is 0.411. The zero-order valence-corrected chi connectivity index (χ0v) is 16.6. The summed E-state index contributed by atoms with van der Waals surface area (Å²) in [6.07, 6.45) is 9.51. The highest BCUT2D eigenvalue weighted by Gasteiger charge is 2.25. The van der Waals surface area contributed by atoms with Gasteiger partial charge in [-0.15, -0.1) is 0 Å². The number of hydrogen-bond acceptors (Lipinski definition) is 7. The number of methoxy groups -OCH3 is 1. The second-order valence-corrected chi connectivity index (χ2v) is 7.29. The zero-order valence-electron chi connectivity index (χ0n) is 15.9. The van der Waals surface area contributed by atoms with Gasteiger partial charge in [0.1, 0.15) is 22.5 Å². The second-order valence-electron chi connectivity index (χ2n) is 6.90. The first-order chi connectivity index (χ1) is 14.1. The van der Waals surface area contributed by atoms with E-state index in [0.29, 0.717) is 28.7 Å². The largest absolute Gasteiger partial charge is 0.495 e. The van der Waals surface area contributed by atoms with Crippen LogP contribution in [-0.2, 0) is 0 Å². The molecular formula is C20H21ClN6O2. The van der Waals surface area contributed by atoms with Gasteiger partial charge in [-0.1, -0.05) is 11.6 Å². The molecule has 2 atom stereocenters. The normalized spacial score (nSPS) is 18.4. The maximum Gasteiger partial charge on any atom is 0.255 e. The van der Waals surface area contributed by atoms with E-state index in [1.165, 1.54) is 16.8 Å². The number of pyridine rings is 2. The summed E-state index contributed by atoms with van der Waals surface area (Å²) in [5, 5.41) is 7.23. The van der Waals surface area contributed by atoms with E-state index in [0.717, 1.165) is 30.9 Å². The van der Waals surface area contributed by atoms with Gasteiger partial charge in [0, 0.05) is 18.2 Å². The van der Waals surface area contributed by atoms with Gasteiger partial charge in [0.2, 0.25) is 0 Å². The molecule has 1 fully saturated rings. The van der Waals surface area contributed by atoms with Crippen LogP contribution >= 0.6 is 11.6 Å². The third kappa shape index (κ3) is 4.65. The van der Waals surface area contributed by atoms with Crippen molar-refractivity contribution in [2.75, 3.05) is 17.7 Å². The molecule has 0 unspecified atom stereocenters. The number of anilines is 2. The monoisotopic (exact) mass is 412 g/mol. The Balaban J connectivity index is 1.37. The van der Waals surface area contributed by atoms with Crippen molar-refractivity contribution in [3.05, 3.63) is 64.6 Å². The molecule has 0 aliphatic heterocycles. The summed E-state index contributed by atoms with van der Waals surface area (Å²) in [5.41, 5.74) is 0.551. The Morgan fingerprint density at radius 3 is 2.41 bits per heavy atom. The topological polar surface area (TPSA) is 94.0 Å². The summed E-state index contributed by atoms with van der Waals surface area (Å²) in [5.74, 6) is 2.12. The molecule has 0 amide bonds. The Morgan fingerprint density at radius 1 is 1.00 bits per heavy atom. The number of nitrogens with zero attached hydrogens (tertiary/aromatic N) is 4. The van der Waals surface area contributed by atoms with Crippen LogP contribution in [0.15, 0.2) is 53.8 Å². The molecule has 4 rings (SSSR count). The Hall–Kier alpha value is -3.13. The fourth-order valence-electron chi connectivity index (χ4n) is 3.45. The predicted octanol–water partition coefficient (Wildman–Crippen LogP) is 3.13. The first kappa shape index (κ1) is 19.2. The lowest BCUT2D eigenvalue weighted by Crippen LogP contribution is -2.21. The second kappa shape index (κ2) is 8.48. The summed E-state index contributed by atoms with van der Waals surface area (Å²) in [6, 6.07) is 7.49. The van der Waals surface area contributed by atoms with Crippen LogP contribution in [-0.4, -0.2) is 38.7 Å². The van der Waals surface area contributed by atoms with Crippen LogP contribution in [0.3, 0.4) is 0 Å². The van der Waals surface area contributed by atoms with Crippen LogP contribution in [0.25, 0.3) is 5.69 Å². The SMILES string of the molecule is COc1ccc(=O)n(-c2ccc(N[C@H]3CC[C@H](Nc4cnc(Cl)cn4)C3)nc2)c1. The average Bonchev–Trinajstić information content (AvgIpc) is 3.17. The van der Waals surface area contributed by atoms with Crippen molar-refractivity contribution < 1.29 is 4.74 Å². The van der Waals surface area contributed by atoms with Gasteiger partial charge in [0.25, 0.3) is 5.56 Å². The number of hydrogen-bond donors (Lipinski definition) is 2. The molecule has 9 heteroatoms. The summed E-state index contributed by atoms with van der Waals surface area (Å²) in [4.78, 5) is 24.8. The van der Waals surface area contributed by atoms with Gasteiger partial charge in [-0.3, -0.25) is 9.36 Å². The number of ether oxygens (including phenoxy) is 1. The number of aromatic nitrogens is 4. The van der Waals surface area contributed by atoms with Gasteiger partial charge in [0.05, 0.1) is 37.6 Å². The van der Waals surface area contributed by atoms with Crippen molar-refractivity contribution in [1.82, 2.24) is 19.5 Å². The number of nitrogens with one attached hydrogen (secondary N) is 2. The van der Waals surface area contributed by atoms with Crippen molar-refractivity contribution in [2.24, 2.45) is 0 Å². The molecule has 8 nitrogen and oxygen atoms in total. The molecule has 1 aliphatic carbocycles. The van der Waals surface area contributed by atoms with Gasteiger partial charge >= 0.3 is 0 Å². The number of halogens is 1. The molecular weight excluding hydrogens is 392 g/mol. The zero-order chi connectivity index (χ0) is 20.2. The van der Waals surface area contributed by atoms with Gasteiger partial charge < -0.3 is 15.4 Å². The van der Waals surface area contributed by atoms with E-state index in [2.05, 4.69) is 25.6 Å². The Kier molecular flexibility index (Phi) is 5.62. The van der Waals surface area contributed by atoms with Crippen molar-refractivity contribution in [1.29, 1.82) is 0 Å². The van der Waals surface area contributed by atoms with E-state index in [9.17, 15) is 4.79 Å². The minimum atomic E-state index is -0.136. The van der Waals surface area contributed by atoms with Crippen LogP contribution in [0.1, 0.15) is 19.3 Å². The first-order valence-electron chi connectivity index (χ1n) is 9.34. The van der Waals surface area contributed by atoms with Crippen molar-refractivity contribution in [2.45, 2.75) is 31.3 Å². The minimum absolute atomic E-state index is 0.136. The molecule has 3 aromatic heterocycles. The lowest BCUT2D eigenvalue weighted by atomic mass is 10.2. The van der Waals surface area contributed by atoms with Crippen molar-refractivity contribution >= 4 is 23.2 Å². The Bertz CT molecular complexity index is 1020. The van der Waals surface area contributed by atoms with E-state index in [1.54, 1.807) is 31.8 Å². The highest BCUT2D eigenvalue weighted by atomic mass is 35.5. The summed E-state index contributed by atoms with van der Waals surface area (Å²) >= 11 is 5.77. The van der Waals surface area contributed by atoms with Crippen LogP contribution < -0.4 is 20.9 Å². The molecule has 3 aromatic rings. The van der Waals surface area contributed by atoms with Gasteiger partial charge in [0.15, 0.2) is 0 Å². The molecule has 0 aromatic carbocycles. The summed E-state index contributed by atoms with van der Waals surface area (Å²) in [7, 11) is 1.57. The molecule has 1 saturated carbocycles. The van der Waals surface area contributed by atoms with Crippen LogP contribution in [0.5, 0.6) is 5.75 Å². The molecule has 2 N–H and O–H groups in total. The van der Waals surface area contributed by atoms with Crippen LogP contribution in [0, 0.1) is 0 Å². The predicted molar refractivity (Wildman–Crippen MR) is 112 cm³/mol. The fourth-order valence-corrected chi connectivity index (χ4v) is 3.55. The van der Waals surface area contributed by atoms with E-state index < -0.39 is 0 Å². The quantitative estimate of drug-likeness (QED) is 0.642. The summed E-state index contributed by atoms with van der Waals surface area (Å²) in [6.45, 7) is 0. The molecule has 3 heterocycles. The van der Waals surface area contributed by atoms with E-state index in [4.69, 9.17) is 16.3 Å². The fraction of sp³-hybridized carbons (Fsp3) is 0.300. The smallest absolute Gasteiger partial charge is 0.255 e. The highest BCUT2D eigenvalue weighted by Crippen LogP contribution is 2.25. The maximum atomic E-state index is 12.1. The first-order valence-corrected chi connectivity index (χ1v) is 9.72. The molecule has 1 aliphatic rings. The third-order valence-electron chi connectivity index (χ3n) is 4.90. The molecule has 0 radical (unpaired) electrons. The van der Waals surface area contributed by atoms with E-state index in [1.807, 2.05) is 12.1 Å². The maximum absolute atomic E-state index is 12.1. The van der Waals surface area contributed by atoms with Gasteiger partial charge in [-0.25, -0.2) is 15.0 Å². The van der Waals surface area contributed by atoms with Gasteiger partial charge in [-0.2, -0.15) is 0 Å². The lowest BCUT2D eigenvalue weighted by Gasteiger charge is -2.16. The highest BCUT2D eigenvalue weighted by molar-refractivity contribution is 6.29. The number of rotatable bonds is 6. The van der Waals surface area contributed by atoms with Gasteiger partial charge in [-0.05, 0) is 37.5 Å². The Morgan fingerprint density at radius 2 is 1.76 bits per heavy atom. The molecule has 0 saturated heterocycles.